The Kier molecular flexibility index (Phi) is 3.77. The molecule has 0 aliphatic carbocycles. The van der Waals surface area contributed by atoms with Gasteiger partial charge in [-0.05, 0) is 43.2 Å². The number of hydrogen-bond donors (Lipinski definition) is 1. The number of hydrogen-bond acceptors (Lipinski definition) is 2. The molecule has 0 atom stereocenters. The van der Waals surface area contributed by atoms with E-state index < -0.39 is 17.4 Å². The first-order valence-electron chi connectivity index (χ1n) is 5.87. The minimum Gasteiger partial charge on any atom is -0.396 e. The van der Waals surface area contributed by atoms with Gasteiger partial charge in [0.05, 0.1) is 16.3 Å². The average Bonchev–Trinajstić information content (AvgIpc) is 2.37. The molecule has 20 heavy (non-hydrogen) atoms. The lowest BCUT2D eigenvalue weighted by Gasteiger charge is -2.09. The number of anilines is 1. The van der Waals surface area contributed by atoms with Crippen LogP contribution in [0, 0.1) is 25.5 Å². The summed E-state index contributed by atoms with van der Waals surface area (Å²) in [4.78, 5) is 12.3. The van der Waals surface area contributed by atoms with Gasteiger partial charge in [0.2, 0.25) is 0 Å². The summed E-state index contributed by atoms with van der Waals surface area (Å²) in [6.07, 6.45) is 0. The summed E-state index contributed by atoms with van der Waals surface area (Å²) >= 11 is 6.02. The van der Waals surface area contributed by atoms with Crippen molar-refractivity contribution in [2.24, 2.45) is 0 Å². The van der Waals surface area contributed by atoms with Gasteiger partial charge in [-0.15, -0.1) is 0 Å². The van der Waals surface area contributed by atoms with Crippen LogP contribution in [0.2, 0.25) is 5.02 Å². The van der Waals surface area contributed by atoms with Gasteiger partial charge < -0.3 is 5.73 Å². The zero-order valence-corrected chi connectivity index (χ0v) is 11.7. The number of carbonyl (C=O) groups excluding carboxylic acids is 1. The SMILES string of the molecule is Cc1cc(Cl)c(C(=O)c2cc(N)c(F)cc2F)cc1C. The lowest BCUT2D eigenvalue weighted by Crippen LogP contribution is -2.08. The minimum atomic E-state index is -0.962. The summed E-state index contributed by atoms with van der Waals surface area (Å²) in [5, 5.41) is 0.223. The predicted molar refractivity (Wildman–Crippen MR) is 75.1 cm³/mol. The number of rotatable bonds is 2. The summed E-state index contributed by atoms with van der Waals surface area (Å²) in [6.45, 7) is 3.67. The molecule has 0 amide bonds. The van der Waals surface area contributed by atoms with Crippen LogP contribution in [-0.2, 0) is 0 Å². The van der Waals surface area contributed by atoms with Crippen molar-refractivity contribution in [1.29, 1.82) is 0 Å². The molecule has 0 radical (unpaired) electrons. The van der Waals surface area contributed by atoms with Gasteiger partial charge >= 0.3 is 0 Å². The third kappa shape index (κ3) is 2.51. The summed E-state index contributed by atoms with van der Waals surface area (Å²) in [7, 11) is 0. The van der Waals surface area contributed by atoms with Crippen molar-refractivity contribution in [3.8, 4) is 0 Å². The van der Waals surface area contributed by atoms with Gasteiger partial charge in [0.1, 0.15) is 11.6 Å². The Morgan fingerprint density at radius 3 is 2.25 bits per heavy atom. The smallest absolute Gasteiger partial charge is 0.197 e. The molecule has 0 spiro atoms. The Balaban J connectivity index is 2.57. The monoisotopic (exact) mass is 295 g/mol. The van der Waals surface area contributed by atoms with Crippen LogP contribution in [0.15, 0.2) is 24.3 Å². The number of aryl methyl sites for hydroxylation is 2. The molecule has 0 bridgehead atoms. The fourth-order valence-electron chi connectivity index (χ4n) is 1.84. The summed E-state index contributed by atoms with van der Waals surface area (Å²) in [6, 6.07) is 4.80. The first kappa shape index (κ1) is 14.5. The molecule has 2 nitrogen and oxygen atoms in total. The van der Waals surface area contributed by atoms with Crippen molar-refractivity contribution in [3.63, 3.8) is 0 Å². The van der Waals surface area contributed by atoms with E-state index in [0.29, 0.717) is 6.07 Å². The van der Waals surface area contributed by atoms with Crippen molar-refractivity contribution in [1.82, 2.24) is 0 Å². The van der Waals surface area contributed by atoms with Crippen LogP contribution < -0.4 is 5.73 Å². The number of halogens is 3. The number of nitrogen functional groups attached to an aromatic ring is 1. The topological polar surface area (TPSA) is 43.1 Å². The van der Waals surface area contributed by atoms with Crippen molar-refractivity contribution in [3.05, 3.63) is 63.2 Å². The molecular weight excluding hydrogens is 284 g/mol. The van der Waals surface area contributed by atoms with E-state index in [4.69, 9.17) is 17.3 Å². The van der Waals surface area contributed by atoms with Crippen LogP contribution >= 0.6 is 11.6 Å². The van der Waals surface area contributed by atoms with E-state index in [-0.39, 0.29) is 21.8 Å². The first-order chi connectivity index (χ1) is 9.31. The molecular formula is C15H12ClF2NO. The molecule has 2 aromatic carbocycles. The van der Waals surface area contributed by atoms with Crippen LogP contribution in [0.1, 0.15) is 27.0 Å². The molecule has 0 saturated carbocycles. The summed E-state index contributed by atoms with van der Waals surface area (Å²) in [5.74, 6) is -2.48. The summed E-state index contributed by atoms with van der Waals surface area (Å²) < 4.78 is 26.8. The second-order valence-electron chi connectivity index (χ2n) is 4.60. The third-order valence-electron chi connectivity index (χ3n) is 3.16. The standard InChI is InChI=1S/C15H12ClF2NO/c1-7-3-9(11(16)4-8(7)2)15(20)10-5-14(19)13(18)6-12(10)17/h3-6H,19H2,1-2H3. The normalized spacial score (nSPS) is 10.7. The van der Waals surface area contributed by atoms with Gasteiger partial charge in [-0.2, -0.15) is 0 Å². The molecule has 5 heteroatoms. The van der Waals surface area contributed by atoms with Crippen LogP contribution in [0.4, 0.5) is 14.5 Å². The quantitative estimate of drug-likeness (QED) is 0.671. The van der Waals surface area contributed by atoms with E-state index in [0.717, 1.165) is 17.2 Å². The Bertz CT molecular complexity index is 654. The molecule has 0 heterocycles. The minimum absolute atomic E-state index is 0.166. The van der Waals surface area contributed by atoms with Crippen molar-refractivity contribution in [2.75, 3.05) is 5.73 Å². The predicted octanol–water partition coefficient (Wildman–Crippen LogP) is 4.05. The lowest BCUT2D eigenvalue weighted by atomic mass is 9.98. The first-order valence-corrected chi connectivity index (χ1v) is 6.25. The van der Waals surface area contributed by atoms with Gasteiger partial charge in [0.15, 0.2) is 5.78 Å². The fourth-order valence-corrected chi connectivity index (χ4v) is 2.14. The number of benzene rings is 2. The highest BCUT2D eigenvalue weighted by Crippen LogP contribution is 2.26. The fraction of sp³-hybridized carbons (Fsp3) is 0.133. The lowest BCUT2D eigenvalue weighted by molar-refractivity contribution is 0.103. The van der Waals surface area contributed by atoms with Crippen molar-refractivity contribution >= 4 is 23.1 Å². The Labute approximate surface area is 120 Å². The number of ketones is 1. The maximum Gasteiger partial charge on any atom is 0.197 e. The van der Waals surface area contributed by atoms with Crippen molar-refractivity contribution < 1.29 is 13.6 Å². The highest BCUT2D eigenvalue weighted by Gasteiger charge is 2.19. The maximum atomic E-state index is 13.7. The van der Waals surface area contributed by atoms with Crippen LogP contribution in [0.3, 0.4) is 0 Å². The van der Waals surface area contributed by atoms with Gasteiger partial charge in [-0.25, -0.2) is 8.78 Å². The second-order valence-corrected chi connectivity index (χ2v) is 5.01. The van der Waals surface area contributed by atoms with E-state index in [9.17, 15) is 13.6 Å². The van der Waals surface area contributed by atoms with E-state index in [2.05, 4.69) is 0 Å². The van der Waals surface area contributed by atoms with Crippen molar-refractivity contribution in [2.45, 2.75) is 13.8 Å². The summed E-state index contributed by atoms with van der Waals surface area (Å²) in [5.41, 5.74) is 6.73. The number of carbonyl (C=O) groups is 1. The molecule has 0 aliphatic heterocycles. The van der Waals surface area contributed by atoms with E-state index in [1.807, 2.05) is 13.8 Å². The van der Waals surface area contributed by atoms with E-state index >= 15 is 0 Å². The van der Waals surface area contributed by atoms with E-state index in [1.54, 1.807) is 12.1 Å². The highest BCUT2D eigenvalue weighted by atomic mass is 35.5. The highest BCUT2D eigenvalue weighted by molar-refractivity contribution is 6.35. The molecule has 2 rings (SSSR count). The van der Waals surface area contributed by atoms with Crippen LogP contribution in [0.25, 0.3) is 0 Å². The Hall–Kier alpha value is -1.94. The third-order valence-corrected chi connectivity index (χ3v) is 3.47. The van der Waals surface area contributed by atoms with Gasteiger partial charge in [-0.3, -0.25) is 4.79 Å². The zero-order valence-electron chi connectivity index (χ0n) is 10.9. The molecule has 2 N–H and O–H groups in total. The molecule has 0 aromatic heterocycles. The Morgan fingerprint density at radius 2 is 1.60 bits per heavy atom. The molecule has 104 valence electrons. The molecule has 0 fully saturated rings. The average molecular weight is 296 g/mol. The van der Waals surface area contributed by atoms with Gasteiger partial charge in [-0.1, -0.05) is 11.6 Å². The van der Waals surface area contributed by atoms with E-state index in [1.165, 1.54) is 0 Å². The molecule has 0 aliphatic rings. The van der Waals surface area contributed by atoms with Gasteiger partial charge in [0.25, 0.3) is 0 Å². The van der Waals surface area contributed by atoms with Crippen LogP contribution in [-0.4, -0.2) is 5.78 Å². The van der Waals surface area contributed by atoms with Crippen LogP contribution in [0.5, 0.6) is 0 Å². The Morgan fingerprint density at radius 1 is 1.00 bits per heavy atom. The maximum absolute atomic E-state index is 13.7. The molecule has 0 unspecified atom stereocenters. The largest absolute Gasteiger partial charge is 0.396 e. The molecule has 0 saturated heterocycles. The number of nitrogens with two attached hydrogens (primary N) is 1. The second kappa shape index (κ2) is 5.21. The molecule has 2 aromatic rings. The zero-order chi connectivity index (χ0) is 15.0. The van der Waals surface area contributed by atoms with Gasteiger partial charge in [0, 0.05) is 11.6 Å².